The molecule has 0 radical (unpaired) electrons. The molecule has 166 valence electrons. The summed E-state index contributed by atoms with van der Waals surface area (Å²) in [7, 11) is 2.86. The summed E-state index contributed by atoms with van der Waals surface area (Å²) in [5.41, 5.74) is -1.61. The number of carboxylic acids is 1. The highest BCUT2D eigenvalue weighted by molar-refractivity contribution is 5.88. The zero-order chi connectivity index (χ0) is 21.6. The van der Waals surface area contributed by atoms with Crippen molar-refractivity contribution in [2.45, 2.75) is 83.6 Å². The van der Waals surface area contributed by atoms with Gasteiger partial charge in [0, 0.05) is 25.2 Å². The van der Waals surface area contributed by atoms with Crippen molar-refractivity contribution in [2.24, 2.45) is 22.7 Å². The molecular formula is C22H36O7. The van der Waals surface area contributed by atoms with Crippen molar-refractivity contribution in [3.8, 4) is 0 Å². The second kappa shape index (κ2) is 7.93. The van der Waals surface area contributed by atoms with Gasteiger partial charge in [-0.1, -0.05) is 26.8 Å². The van der Waals surface area contributed by atoms with Crippen LogP contribution >= 0.6 is 0 Å². The summed E-state index contributed by atoms with van der Waals surface area (Å²) in [4.78, 5) is 11.9. The largest absolute Gasteiger partial charge is 0.478 e. The molecule has 29 heavy (non-hydrogen) atoms. The number of hydrogen-bond donors (Lipinski definition) is 3. The predicted octanol–water partition coefficient (Wildman–Crippen LogP) is 2.70. The third-order valence-electron chi connectivity index (χ3n) is 8.38. The molecule has 0 bridgehead atoms. The number of fused-ring (bicyclic) bond motifs is 1. The highest BCUT2D eigenvalue weighted by Crippen LogP contribution is 2.62. The highest BCUT2D eigenvalue weighted by Gasteiger charge is 2.59. The number of rotatable bonds is 6. The van der Waals surface area contributed by atoms with Gasteiger partial charge in [-0.25, -0.2) is 4.79 Å². The molecule has 0 aromatic carbocycles. The topological polar surface area (TPSA) is 105 Å². The number of aliphatic hydroxyl groups excluding tert-OH is 1. The maximum atomic E-state index is 11.9. The van der Waals surface area contributed by atoms with E-state index in [0.29, 0.717) is 17.9 Å². The minimum absolute atomic E-state index is 0.180. The van der Waals surface area contributed by atoms with Crippen LogP contribution in [0.4, 0.5) is 0 Å². The van der Waals surface area contributed by atoms with Crippen LogP contribution < -0.4 is 0 Å². The molecule has 0 spiro atoms. The van der Waals surface area contributed by atoms with Gasteiger partial charge in [-0.05, 0) is 55.8 Å². The summed E-state index contributed by atoms with van der Waals surface area (Å²) >= 11 is 0. The lowest BCUT2D eigenvalue weighted by atomic mass is 9.46. The van der Waals surface area contributed by atoms with E-state index >= 15 is 0 Å². The first kappa shape index (κ1) is 22.7. The zero-order valence-electron chi connectivity index (χ0n) is 18.2. The quantitative estimate of drug-likeness (QED) is 0.616. The van der Waals surface area contributed by atoms with Crippen LogP contribution in [0.2, 0.25) is 0 Å². The smallest absolute Gasteiger partial charge is 0.331 e. The van der Waals surface area contributed by atoms with Gasteiger partial charge in [0.15, 0.2) is 12.6 Å². The number of allylic oxidation sites excluding steroid dienone is 1. The molecule has 2 fully saturated rings. The fourth-order valence-corrected chi connectivity index (χ4v) is 6.31. The molecule has 0 amide bonds. The number of ether oxygens (including phenoxy) is 3. The molecule has 1 heterocycles. The zero-order valence-corrected chi connectivity index (χ0v) is 18.2. The first-order valence-corrected chi connectivity index (χ1v) is 10.6. The van der Waals surface area contributed by atoms with Crippen LogP contribution in [0.3, 0.4) is 0 Å². The molecule has 0 unspecified atom stereocenters. The van der Waals surface area contributed by atoms with Gasteiger partial charge in [-0.3, -0.25) is 0 Å². The van der Waals surface area contributed by atoms with E-state index in [-0.39, 0.29) is 23.2 Å². The van der Waals surface area contributed by atoms with Crippen molar-refractivity contribution >= 4 is 5.97 Å². The fourth-order valence-electron chi connectivity index (χ4n) is 6.31. The minimum atomic E-state index is -1.58. The van der Waals surface area contributed by atoms with E-state index in [0.717, 1.165) is 25.7 Å². The maximum Gasteiger partial charge on any atom is 0.331 e. The van der Waals surface area contributed by atoms with E-state index in [1.807, 2.05) is 6.08 Å². The Hall–Kier alpha value is -0.990. The summed E-state index contributed by atoms with van der Waals surface area (Å²) in [6, 6.07) is 0. The summed E-state index contributed by atoms with van der Waals surface area (Å²) in [6.45, 7) is 6.52. The summed E-state index contributed by atoms with van der Waals surface area (Å²) < 4.78 is 16.0. The van der Waals surface area contributed by atoms with Gasteiger partial charge >= 0.3 is 5.97 Å². The van der Waals surface area contributed by atoms with Crippen molar-refractivity contribution in [2.75, 3.05) is 14.2 Å². The van der Waals surface area contributed by atoms with Gasteiger partial charge in [-0.15, -0.1) is 0 Å². The van der Waals surface area contributed by atoms with Gasteiger partial charge in [0.2, 0.25) is 0 Å². The average molecular weight is 413 g/mol. The Labute approximate surface area is 173 Å². The average Bonchev–Trinajstić information content (AvgIpc) is 2.93. The Kier molecular flexibility index (Phi) is 6.20. The third-order valence-corrected chi connectivity index (χ3v) is 8.38. The molecule has 7 heteroatoms. The molecular weight excluding hydrogens is 376 g/mol. The van der Waals surface area contributed by atoms with Gasteiger partial charge < -0.3 is 29.5 Å². The Morgan fingerprint density at radius 3 is 2.52 bits per heavy atom. The van der Waals surface area contributed by atoms with E-state index in [4.69, 9.17) is 14.2 Å². The minimum Gasteiger partial charge on any atom is -0.478 e. The standard InChI is InChI=1S/C22H36O7/c1-13-9-10-21(3)14(17(24)25)7-6-8-15(21)20(13,2)11-12-22(26)16(23)18(27-4)29-19(22)28-5/h7,13,15-16,18-19,23,26H,6,8-12H2,1-5H3,(H,24,25)/t13-,15-,16+,18+,19+,20+,21+,22-/m1/s1. The van der Waals surface area contributed by atoms with Gasteiger partial charge in [-0.2, -0.15) is 0 Å². The van der Waals surface area contributed by atoms with Crippen LogP contribution in [0.25, 0.3) is 0 Å². The Balaban J connectivity index is 1.87. The number of aliphatic carboxylic acids is 1. The van der Waals surface area contributed by atoms with Gasteiger partial charge in [0.1, 0.15) is 11.7 Å². The SMILES string of the molecule is CO[C@H]1O[C@H](OC)[C@@](O)(CC[C@@]2(C)[C@H](C)CC[C@@]3(C)C(C(=O)O)=CCC[C@H]23)[C@H]1O. The molecule has 3 N–H and O–H groups in total. The van der Waals surface area contributed by atoms with Gasteiger partial charge in [0.05, 0.1) is 0 Å². The van der Waals surface area contributed by atoms with E-state index in [9.17, 15) is 20.1 Å². The number of hydrogen-bond acceptors (Lipinski definition) is 6. The molecule has 3 aliphatic rings. The van der Waals surface area contributed by atoms with Crippen LogP contribution in [-0.4, -0.2) is 59.8 Å². The molecule has 1 saturated heterocycles. The second-order valence-electron chi connectivity index (χ2n) is 9.66. The number of carboxylic acid groups (broad SMARTS) is 1. The van der Waals surface area contributed by atoms with E-state index in [2.05, 4.69) is 20.8 Å². The Morgan fingerprint density at radius 1 is 1.24 bits per heavy atom. The summed E-state index contributed by atoms with van der Waals surface area (Å²) in [5.74, 6) is -0.261. The molecule has 1 aliphatic heterocycles. The molecule has 3 rings (SSSR count). The normalized spacial score (nSPS) is 47.6. The number of carbonyl (C=O) groups is 1. The molecule has 1 saturated carbocycles. The third kappa shape index (κ3) is 3.45. The van der Waals surface area contributed by atoms with Crippen molar-refractivity contribution in [1.82, 2.24) is 0 Å². The molecule has 7 nitrogen and oxygen atoms in total. The van der Waals surface area contributed by atoms with Crippen LogP contribution in [0, 0.1) is 22.7 Å². The number of aliphatic hydroxyl groups is 2. The van der Waals surface area contributed by atoms with E-state index < -0.39 is 30.3 Å². The second-order valence-corrected chi connectivity index (χ2v) is 9.66. The predicted molar refractivity (Wildman–Crippen MR) is 106 cm³/mol. The van der Waals surface area contributed by atoms with Crippen LogP contribution in [0.15, 0.2) is 11.6 Å². The van der Waals surface area contributed by atoms with Crippen molar-refractivity contribution < 1.29 is 34.3 Å². The number of methoxy groups -OCH3 is 2. The Bertz CT molecular complexity index is 660. The molecule has 0 aromatic heterocycles. The lowest BCUT2D eigenvalue weighted by molar-refractivity contribution is -0.221. The van der Waals surface area contributed by atoms with E-state index in [1.54, 1.807) is 0 Å². The van der Waals surface area contributed by atoms with Crippen molar-refractivity contribution in [3.63, 3.8) is 0 Å². The van der Waals surface area contributed by atoms with E-state index in [1.165, 1.54) is 14.2 Å². The van der Waals surface area contributed by atoms with Crippen LogP contribution in [0.5, 0.6) is 0 Å². The Morgan fingerprint density at radius 2 is 1.93 bits per heavy atom. The summed E-state index contributed by atoms with van der Waals surface area (Å²) in [6.07, 6.45) is 3.15. The fraction of sp³-hybridized carbons (Fsp3) is 0.864. The molecule has 0 aromatic rings. The first-order chi connectivity index (χ1) is 13.5. The van der Waals surface area contributed by atoms with Crippen LogP contribution in [-0.2, 0) is 19.0 Å². The van der Waals surface area contributed by atoms with Crippen molar-refractivity contribution in [1.29, 1.82) is 0 Å². The summed E-state index contributed by atoms with van der Waals surface area (Å²) in [5, 5.41) is 31.7. The lowest BCUT2D eigenvalue weighted by Gasteiger charge is -2.58. The maximum absolute atomic E-state index is 11.9. The molecule has 2 aliphatic carbocycles. The lowest BCUT2D eigenvalue weighted by Crippen LogP contribution is -2.54. The van der Waals surface area contributed by atoms with Crippen LogP contribution in [0.1, 0.15) is 59.3 Å². The molecule has 8 atom stereocenters. The highest BCUT2D eigenvalue weighted by atomic mass is 16.8. The first-order valence-electron chi connectivity index (χ1n) is 10.6. The monoisotopic (exact) mass is 412 g/mol. The van der Waals surface area contributed by atoms with Gasteiger partial charge in [0.25, 0.3) is 0 Å². The van der Waals surface area contributed by atoms with Crippen molar-refractivity contribution in [3.05, 3.63) is 11.6 Å².